The van der Waals surface area contributed by atoms with Crippen molar-refractivity contribution in [2.45, 2.75) is 12.6 Å². The number of carbonyl (C=O) groups excluding carboxylic acids is 2. The van der Waals surface area contributed by atoms with Gasteiger partial charge in [0.1, 0.15) is 11.6 Å². The van der Waals surface area contributed by atoms with E-state index in [1.807, 2.05) is 0 Å². The molecule has 0 spiro atoms. The van der Waals surface area contributed by atoms with E-state index in [0.717, 1.165) is 5.56 Å². The molecule has 1 fully saturated rings. The Bertz CT molecular complexity index is 1100. The number of pyridine rings is 1. The van der Waals surface area contributed by atoms with Crippen molar-refractivity contribution < 1.29 is 19.1 Å². The molecule has 1 amide bonds. The van der Waals surface area contributed by atoms with Crippen molar-refractivity contribution in [3.8, 4) is 0 Å². The van der Waals surface area contributed by atoms with E-state index in [9.17, 15) is 19.1 Å². The zero-order valence-electron chi connectivity index (χ0n) is 15.3. The molecular weight excluding hydrogens is 371 g/mol. The first-order chi connectivity index (χ1) is 14.1. The van der Waals surface area contributed by atoms with Gasteiger partial charge in [-0.2, -0.15) is 0 Å². The number of aliphatic hydroxyl groups is 1. The number of hydrogen-bond acceptors (Lipinski definition) is 4. The minimum absolute atomic E-state index is 0.0595. The van der Waals surface area contributed by atoms with Crippen molar-refractivity contribution in [1.29, 1.82) is 0 Å². The normalized spacial score (nSPS) is 18.2. The molecule has 5 nitrogen and oxygen atoms in total. The maximum Gasteiger partial charge on any atom is 0.295 e. The first kappa shape index (κ1) is 18.6. The number of ketones is 1. The first-order valence-corrected chi connectivity index (χ1v) is 9.04. The summed E-state index contributed by atoms with van der Waals surface area (Å²) in [6.07, 6.45) is 3.20. The number of hydrogen-bond donors (Lipinski definition) is 1. The van der Waals surface area contributed by atoms with E-state index in [1.54, 1.807) is 60.9 Å². The summed E-state index contributed by atoms with van der Waals surface area (Å²) in [6.45, 7) is 0.102. The van der Waals surface area contributed by atoms with Crippen LogP contribution in [0.3, 0.4) is 0 Å². The zero-order valence-corrected chi connectivity index (χ0v) is 15.3. The molecule has 1 saturated heterocycles. The lowest BCUT2D eigenvalue weighted by molar-refractivity contribution is -0.140. The van der Waals surface area contributed by atoms with Crippen LogP contribution in [0.15, 0.2) is 84.7 Å². The van der Waals surface area contributed by atoms with Crippen molar-refractivity contribution in [3.05, 3.63) is 107 Å². The smallest absolute Gasteiger partial charge is 0.295 e. The maximum atomic E-state index is 13.9. The van der Waals surface area contributed by atoms with E-state index in [2.05, 4.69) is 4.98 Å². The van der Waals surface area contributed by atoms with Gasteiger partial charge in [-0.3, -0.25) is 14.6 Å². The minimum atomic E-state index is -0.911. The van der Waals surface area contributed by atoms with E-state index in [-0.39, 0.29) is 17.9 Å². The number of carbonyl (C=O) groups is 2. The second-order valence-electron chi connectivity index (χ2n) is 6.71. The largest absolute Gasteiger partial charge is 0.507 e. The standard InChI is InChI=1S/C23H17FN2O3/c24-18-10-4-9-17(12-18)20-19(21(27)16-7-2-1-3-8-16)22(28)23(29)26(20)14-15-6-5-11-25-13-15/h1-13,20,27H,14H2/t20-/m1/s1. The Hall–Kier alpha value is -3.80. The van der Waals surface area contributed by atoms with Crippen LogP contribution < -0.4 is 0 Å². The number of nitrogens with zero attached hydrogens (tertiary/aromatic N) is 2. The molecule has 1 atom stereocenters. The number of Topliss-reactive ketones (excluding diaryl/α,β-unsaturated/α-hetero) is 1. The van der Waals surface area contributed by atoms with Crippen molar-refractivity contribution >= 4 is 17.4 Å². The molecular formula is C23H17FN2O3. The monoisotopic (exact) mass is 388 g/mol. The van der Waals surface area contributed by atoms with Gasteiger partial charge in [-0.15, -0.1) is 0 Å². The highest BCUT2D eigenvalue weighted by molar-refractivity contribution is 6.46. The van der Waals surface area contributed by atoms with Gasteiger partial charge in [0.2, 0.25) is 0 Å². The molecule has 6 heteroatoms. The maximum absolute atomic E-state index is 13.9. The molecule has 29 heavy (non-hydrogen) atoms. The van der Waals surface area contributed by atoms with Crippen LogP contribution in [0, 0.1) is 5.82 Å². The number of aliphatic hydroxyl groups excluding tert-OH is 1. The second kappa shape index (κ2) is 7.67. The Balaban J connectivity index is 1.87. The van der Waals surface area contributed by atoms with Gasteiger partial charge in [-0.05, 0) is 29.3 Å². The highest BCUT2D eigenvalue weighted by Crippen LogP contribution is 2.40. The summed E-state index contributed by atoms with van der Waals surface area (Å²) in [6, 6.07) is 16.8. The van der Waals surface area contributed by atoms with Gasteiger partial charge in [-0.25, -0.2) is 4.39 Å². The van der Waals surface area contributed by atoms with E-state index >= 15 is 0 Å². The summed E-state index contributed by atoms with van der Waals surface area (Å²) in [4.78, 5) is 31.1. The molecule has 0 unspecified atom stereocenters. The van der Waals surface area contributed by atoms with Crippen LogP contribution in [0.1, 0.15) is 22.7 Å². The summed E-state index contributed by atoms with van der Waals surface area (Å²) < 4.78 is 13.9. The molecule has 2 aromatic carbocycles. The topological polar surface area (TPSA) is 70.5 Å². The molecule has 0 saturated carbocycles. The third kappa shape index (κ3) is 3.52. The van der Waals surface area contributed by atoms with Gasteiger partial charge in [0.05, 0.1) is 11.6 Å². The molecule has 0 bridgehead atoms. The highest BCUT2D eigenvalue weighted by Gasteiger charge is 2.46. The van der Waals surface area contributed by atoms with Crippen LogP contribution in [-0.2, 0) is 16.1 Å². The van der Waals surface area contributed by atoms with Gasteiger partial charge in [0.25, 0.3) is 11.7 Å². The molecule has 1 aliphatic rings. The van der Waals surface area contributed by atoms with Crippen molar-refractivity contribution in [3.63, 3.8) is 0 Å². The van der Waals surface area contributed by atoms with Gasteiger partial charge in [0.15, 0.2) is 0 Å². The number of amides is 1. The van der Waals surface area contributed by atoms with Crippen molar-refractivity contribution in [2.75, 3.05) is 0 Å². The molecule has 0 radical (unpaired) electrons. The predicted molar refractivity (Wildman–Crippen MR) is 105 cm³/mol. The third-order valence-electron chi connectivity index (χ3n) is 4.83. The van der Waals surface area contributed by atoms with Crippen molar-refractivity contribution in [1.82, 2.24) is 9.88 Å². The quantitative estimate of drug-likeness (QED) is 0.419. The van der Waals surface area contributed by atoms with Gasteiger partial charge < -0.3 is 10.0 Å². The molecule has 4 rings (SSSR count). The highest BCUT2D eigenvalue weighted by atomic mass is 19.1. The Morgan fingerprint density at radius 3 is 2.52 bits per heavy atom. The Morgan fingerprint density at radius 1 is 1.03 bits per heavy atom. The van der Waals surface area contributed by atoms with Crippen molar-refractivity contribution in [2.24, 2.45) is 0 Å². The fourth-order valence-corrected chi connectivity index (χ4v) is 3.51. The molecule has 0 aliphatic carbocycles. The van der Waals surface area contributed by atoms with Gasteiger partial charge in [-0.1, -0.05) is 48.5 Å². The average Bonchev–Trinajstić information content (AvgIpc) is 2.99. The van der Waals surface area contributed by atoms with Gasteiger partial charge >= 0.3 is 0 Å². The van der Waals surface area contributed by atoms with Gasteiger partial charge in [0, 0.05) is 24.5 Å². The number of benzene rings is 2. The minimum Gasteiger partial charge on any atom is -0.507 e. The molecule has 144 valence electrons. The summed E-state index contributed by atoms with van der Waals surface area (Å²) in [5, 5.41) is 10.9. The van der Waals surface area contributed by atoms with E-state index in [1.165, 1.54) is 23.1 Å². The molecule has 1 aromatic heterocycles. The number of halogens is 1. The van der Waals surface area contributed by atoms with E-state index < -0.39 is 23.5 Å². The van der Waals surface area contributed by atoms with Crippen LogP contribution in [0.5, 0.6) is 0 Å². The van der Waals surface area contributed by atoms with Crippen LogP contribution in [0.2, 0.25) is 0 Å². The second-order valence-corrected chi connectivity index (χ2v) is 6.71. The summed E-state index contributed by atoms with van der Waals surface area (Å²) in [5.74, 6) is -2.33. The average molecular weight is 388 g/mol. The Kier molecular flexibility index (Phi) is 4.91. The molecule has 1 aliphatic heterocycles. The Morgan fingerprint density at radius 2 is 1.83 bits per heavy atom. The summed E-state index contributed by atoms with van der Waals surface area (Å²) in [7, 11) is 0. The first-order valence-electron chi connectivity index (χ1n) is 9.04. The fourth-order valence-electron chi connectivity index (χ4n) is 3.51. The molecule has 1 N–H and O–H groups in total. The molecule has 2 heterocycles. The lowest BCUT2D eigenvalue weighted by Gasteiger charge is -2.25. The van der Waals surface area contributed by atoms with Crippen LogP contribution in [0.4, 0.5) is 4.39 Å². The zero-order chi connectivity index (χ0) is 20.4. The Labute approximate surface area is 166 Å². The van der Waals surface area contributed by atoms with E-state index in [0.29, 0.717) is 11.1 Å². The SMILES string of the molecule is O=C1C(=O)N(Cc2cccnc2)[C@H](c2cccc(F)c2)C1=C(O)c1ccccc1. The third-order valence-corrected chi connectivity index (χ3v) is 4.83. The summed E-state index contributed by atoms with van der Waals surface area (Å²) in [5.41, 5.74) is 1.48. The molecule has 3 aromatic rings. The fraction of sp³-hybridized carbons (Fsp3) is 0.0870. The van der Waals surface area contributed by atoms with Crippen LogP contribution in [0.25, 0.3) is 5.76 Å². The predicted octanol–water partition coefficient (Wildman–Crippen LogP) is 3.84. The summed E-state index contributed by atoms with van der Waals surface area (Å²) >= 11 is 0. The lowest BCUT2D eigenvalue weighted by atomic mass is 9.95. The van der Waals surface area contributed by atoms with Crippen LogP contribution in [-0.4, -0.2) is 26.7 Å². The van der Waals surface area contributed by atoms with E-state index in [4.69, 9.17) is 0 Å². The number of aromatic nitrogens is 1. The van der Waals surface area contributed by atoms with Crippen LogP contribution >= 0.6 is 0 Å². The number of rotatable bonds is 4. The number of likely N-dealkylation sites (tertiary alicyclic amines) is 1. The lowest BCUT2D eigenvalue weighted by Crippen LogP contribution is -2.29.